The highest BCUT2D eigenvalue weighted by atomic mass is 17.2. The smallest absolute Gasteiger partial charge is 0.434 e. The van der Waals surface area contributed by atoms with Gasteiger partial charge in [0.25, 0.3) is 0 Å². The van der Waals surface area contributed by atoms with Crippen LogP contribution < -0.4 is 0 Å². The van der Waals surface area contributed by atoms with Gasteiger partial charge in [0, 0.05) is 5.92 Å². The first kappa shape index (κ1) is 25.2. The van der Waals surface area contributed by atoms with Crippen molar-refractivity contribution in [2.45, 2.75) is 112 Å². The average Bonchev–Trinajstić information content (AvgIpc) is 2.59. The summed E-state index contributed by atoms with van der Waals surface area (Å²) in [6, 6.07) is 0. The zero-order valence-corrected chi connectivity index (χ0v) is 18.1. The maximum Gasteiger partial charge on any atom is 0.510 e. The van der Waals surface area contributed by atoms with Crippen LogP contribution in [0, 0.1) is 11.8 Å². The van der Waals surface area contributed by atoms with E-state index in [9.17, 15) is 4.79 Å². The Balaban J connectivity index is 4.67. The van der Waals surface area contributed by atoms with E-state index in [0.717, 1.165) is 51.4 Å². The minimum Gasteiger partial charge on any atom is -0.434 e. The Bertz CT molecular complexity index is 351. The van der Waals surface area contributed by atoms with Gasteiger partial charge < -0.3 is 9.47 Å². The maximum atomic E-state index is 12.2. The molecule has 3 unspecified atom stereocenters. The van der Waals surface area contributed by atoms with E-state index in [1.807, 2.05) is 20.8 Å². The van der Waals surface area contributed by atoms with Crippen LogP contribution >= 0.6 is 0 Å². The first-order valence-electron chi connectivity index (χ1n) is 10.4. The molecule has 5 heteroatoms. The van der Waals surface area contributed by atoms with Gasteiger partial charge in [-0.2, -0.15) is 4.89 Å². The lowest BCUT2D eigenvalue weighted by Gasteiger charge is -2.28. The Hall–Kier alpha value is -0.810. The summed E-state index contributed by atoms with van der Waals surface area (Å²) in [5, 5.41) is 0. The molecule has 0 saturated heterocycles. The number of carbonyl (C=O) groups excluding carboxylic acids is 1. The number of hydrogen-bond acceptors (Lipinski definition) is 5. The fourth-order valence-corrected chi connectivity index (χ4v) is 2.60. The molecule has 0 N–H and O–H groups in total. The molecule has 26 heavy (non-hydrogen) atoms. The van der Waals surface area contributed by atoms with E-state index >= 15 is 0 Å². The number of ether oxygens (including phenoxy) is 2. The summed E-state index contributed by atoms with van der Waals surface area (Å²) in [5.41, 5.74) is -0.470. The minimum absolute atomic E-state index is 0.0897. The summed E-state index contributed by atoms with van der Waals surface area (Å²) in [5.74, 6) is 0.474. The van der Waals surface area contributed by atoms with Crippen LogP contribution in [0.5, 0.6) is 0 Å². The number of rotatable bonds is 14. The second-order valence-electron chi connectivity index (χ2n) is 8.07. The molecular formula is C21H42O5. The Morgan fingerprint density at radius 3 is 2.04 bits per heavy atom. The molecule has 5 nitrogen and oxygen atoms in total. The van der Waals surface area contributed by atoms with Gasteiger partial charge >= 0.3 is 6.16 Å². The standard InChI is InChI=1S/C21H42O5/c1-8-12-14-17(10-3)16-23-20(22)24-19(25-26-21(5,6)7)18(11-4)15-13-9-2/h17-19H,8-16H2,1-7H3. The van der Waals surface area contributed by atoms with Crippen LogP contribution in [0.4, 0.5) is 4.79 Å². The molecule has 0 aromatic rings. The zero-order valence-electron chi connectivity index (χ0n) is 18.1. The Kier molecular flexibility index (Phi) is 13.8. The van der Waals surface area contributed by atoms with Crippen molar-refractivity contribution < 1.29 is 24.0 Å². The average molecular weight is 375 g/mol. The van der Waals surface area contributed by atoms with E-state index in [1.54, 1.807) is 0 Å². The Labute approximate surface area is 161 Å². The fraction of sp³-hybridized carbons (Fsp3) is 0.952. The lowest BCUT2D eigenvalue weighted by Crippen LogP contribution is -2.33. The van der Waals surface area contributed by atoms with Crippen LogP contribution in [0.1, 0.15) is 99.8 Å². The summed E-state index contributed by atoms with van der Waals surface area (Å²) in [6.45, 7) is 14.6. The van der Waals surface area contributed by atoms with Gasteiger partial charge in [0.2, 0.25) is 6.29 Å². The number of carbonyl (C=O) groups is 1. The van der Waals surface area contributed by atoms with Crippen molar-refractivity contribution in [2.24, 2.45) is 11.8 Å². The molecule has 0 spiro atoms. The summed E-state index contributed by atoms with van der Waals surface area (Å²) in [7, 11) is 0. The zero-order chi connectivity index (χ0) is 20.0. The lowest BCUT2D eigenvalue weighted by molar-refractivity contribution is -0.418. The first-order valence-corrected chi connectivity index (χ1v) is 10.4. The van der Waals surface area contributed by atoms with Crippen LogP contribution in [-0.4, -0.2) is 24.7 Å². The highest BCUT2D eigenvalue weighted by Crippen LogP contribution is 2.23. The van der Waals surface area contributed by atoms with E-state index < -0.39 is 18.0 Å². The predicted molar refractivity (Wildman–Crippen MR) is 105 cm³/mol. The van der Waals surface area contributed by atoms with Gasteiger partial charge in [0.05, 0.1) is 12.2 Å². The topological polar surface area (TPSA) is 54.0 Å². The molecule has 0 aliphatic heterocycles. The third-order valence-corrected chi connectivity index (χ3v) is 4.42. The molecule has 0 aliphatic rings. The van der Waals surface area contributed by atoms with Crippen molar-refractivity contribution in [1.29, 1.82) is 0 Å². The van der Waals surface area contributed by atoms with E-state index in [2.05, 4.69) is 27.7 Å². The lowest BCUT2D eigenvalue weighted by atomic mass is 9.99. The summed E-state index contributed by atoms with van der Waals surface area (Å²) in [4.78, 5) is 23.1. The van der Waals surface area contributed by atoms with Gasteiger partial charge in [0.15, 0.2) is 0 Å². The minimum atomic E-state index is -0.742. The summed E-state index contributed by atoms with van der Waals surface area (Å²) in [6.07, 6.45) is 6.87. The molecule has 0 rings (SSSR count). The SMILES string of the molecule is CCCCC(CC)COC(=O)OC(OOC(C)(C)C)C(CC)CCCC. The molecular weight excluding hydrogens is 332 g/mol. The van der Waals surface area contributed by atoms with E-state index in [-0.39, 0.29) is 5.92 Å². The third-order valence-electron chi connectivity index (χ3n) is 4.42. The second kappa shape index (κ2) is 14.3. The highest BCUT2D eigenvalue weighted by molar-refractivity contribution is 5.60. The van der Waals surface area contributed by atoms with Crippen LogP contribution in [0.3, 0.4) is 0 Å². The van der Waals surface area contributed by atoms with Crippen molar-refractivity contribution in [1.82, 2.24) is 0 Å². The largest absolute Gasteiger partial charge is 0.510 e. The Morgan fingerprint density at radius 1 is 0.923 bits per heavy atom. The first-order chi connectivity index (χ1) is 12.3. The van der Waals surface area contributed by atoms with E-state index in [4.69, 9.17) is 19.2 Å². The summed E-state index contributed by atoms with van der Waals surface area (Å²) >= 11 is 0. The van der Waals surface area contributed by atoms with Gasteiger partial charge in [-0.05, 0) is 46.0 Å². The Morgan fingerprint density at radius 2 is 1.54 bits per heavy atom. The molecule has 0 heterocycles. The molecule has 0 radical (unpaired) electrons. The molecule has 0 aliphatic carbocycles. The third kappa shape index (κ3) is 12.5. The van der Waals surface area contributed by atoms with Crippen LogP contribution in [0.15, 0.2) is 0 Å². The van der Waals surface area contributed by atoms with Crippen molar-refractivity contribution in [3.63, 3.8) is 0 Å². The van der Waals surface area contributed by atoms with Gasteiger partial charge in [-0.25, -0.2) is 9.68 Å². The highest BCUT2D eigenvalue weighted by Gasteiger charge is 2.28. The normalized spacial score (nSPS) is 15.3. The maximum absolute atomic E-state index is 12.2. The van der Waals surface area contributed by atoms with Crippen molar-refractivity contribution in [2.75, 3.05) is 6.61 Å². The molecule has 0 fully saturated rings. The van der Waals surface area contributed by atoms with Gasteiger partial charge in [-0.3, -0.25) is 0 Å². The van der Waals surface area contributed by atoms with Crippen LogP contribution in [-0.2, 0) is 19.2 Å². The molecule has 156 valence electrons. The van der Waals surface area contributed by atoms with Crippen molar-refractivity contribution in [3.05, 3.63) is 0 Å². The number of unbranched alkanes of at least 4 members (excludes halogenated alkanes) is 2. The van der Waals surface area contributed by atoms with Gasteiger partial charge in [-0.15, -0.1) is 0 Å². The predicted octanol–water partition coefficient (Wildman–Crippen LogP) is 6.65. The molecule has 0 saturated carbocycles. The molecule has 0 amide bonds. The monoisotopic (exact) mass is 374 g/mol. The molecule has 0 aromatic heterocycles. The molecule has 0 aromatic carbocycles. The quantitative estimate of drug-likeness (QED) is 0.147. The van der Waals surface area contributed by atoms with E-state index in [0.29, 0.717) is 12.5 Å². The molecule has 3 atom stereocenters. The molecule has 0 bridgehead atoms. The second-order valence-corrected chi connectivity index (χ2v) is 8.07. The van der Waals surface area contributed by atoms with Gasteiger partial charge in [-0.1, -0.05) is 59.8 Å². The fourth-order valence-electron chi connectivity index (χ4n) is 2.60. The van der Waals surface area contributed by atoms with Crippen molar-refractivity contribution in [3.8, 4) is 0 Å². The van der Waals surface area contributed by atoms with Crippen LogP contribution in [0.25, 0.3) is 0 Å². The summed E-state index contributed by atoms with van der Waals surface area (Å²) < 4.78 is 10.8. The van der Waals surface area contributed by atoms with E-state index in [1.165, 1.54) is 0 Å². The van der Waals surface area contributed by atoms with Crippen molar-refractivity contribution >= 4 is 6.16 Å². The van der Waals surface area contributed by atoms with Gasteiger partial charge in [0.1, 0.15) is 0 Å². The number of hydrogen-bond donors (Lipinski definition) is 0. The van der Waals surface area contributed by atoms with Crippen LogP contribution in [0.2, 0.25) is 0 Å².